The molecule has 158 valence electrons. The smallest absolute Gasteiger partial charge is 0.279 e. The molecule has 1 aromatic carbocycles. The number of carbonyl (C=O) groups excluding carboxylic acids is 2. The second kappa shape index (κ2) is 8.41. The van der Waals surface area contributed by atoms with Crippen LogP contribution in [0.1, 0.15) is 29.6 Å². The largest absolute Gasteiger partial charge is 0.349 e. The molecule has 9 heteroatoms. The zero-order valence-electron chi connectivity index (χ0n) is 16.6. The Kier molecular flexibility index (Phi) is 5.89. The van der Waals surface area contributed by atoms with Gasteiger partial charge in [0.05, 0.1) is 17.0 Å². The molecule has 0 unspecified atom stereocenters. The number of rotatable bonds is 6. The Morgan fingerprint density at radius 2 is 1.76 bits per heavy atom. The Balaban J connectivity index is 1.27. The minimum atomic E-state index is -2.85. The van der Waals surface area contributed by atoms with Gasteiger partial charge in [0.1, 0.15) is 38.0 Å². The highest BCUT2D eigenvalue weighted by molar-refractivity contribution is 7.91. The van der Waals surface area contributed by atoms with Gasteiger partial charge >= 0.3 is 0 Å². The third kappa shape index (κ3) is 5.34. The van der Waals surface area contributed by atoms with Crippen molar-refractivity contribution in [2.75, 3.05) is 49.5 Å². The van der Waals surface area contributed by atoms with Crippen LogP contribution in [-0.4, -0.2) is 76.5 Å². The first kappa shape index (κ1) is 20.3. The molecule has 3 aliphatic rings. The van der Waals surface area contributed by atoms with Gasteiger partial charge in [0, 0.05) is 12.5 Å². The molecule has 3 fully saturated rings. The molecule has 0 radical (unpaired) electrons. The highest BCUT2D eigenvalue weighted by atomic mass is 32.2. The predicted molar refractivity (Wildman–Crippen MR) is 109 cm³/mol. The summed E-state index contributed by atoms with van der Waals surface area (Å²) < 4.78 is 23.4. The summed E-state index contributed by atoms with van der Waals surface area (Å²) in [7, 11) is -2.85. The zero-order chi connectivity index (χ0) is 20.4. The van der Waals surface area contributed by atoms with Crippen molar-refractivity contribution in [1.82, 2.24) is 5.32 Å². The molecule has 2 saturated heterocycles. The number of sulfone groups is 1. The average Bonchev–Trinajstić information content (AvgIpc) is 3.42. The van der Waals surface area contributed by atoms with E-state index in [0.29, 0.717) is 29.3 Å². The van der Waals surface area contributed by atoms with Gasteiger partial charge in [0.15, 0.2) is 16.4 Å². The zero-order valence-corrected chi connectivity index (χ0v) is 17.4. The SMILES string of the molecule is O=C(C[NH+]1CC[NH+]([C@@H]2CCS(=O)(=O)C2)CC1)Nc1ccccc1C(=O)NC1CC1. The quantitative estimate of drug-likeness (QED) is 0.407. The fraction of sp³-hybridized carbons (Fsp3) is 0.600. The highest BCUT2D eigenvalue weighted by Crippen LogP contribution is 2.21. The van der Waals surface area contributed by atoms with Gasteiger partial charge in [-0.05, 0) is 25.0 Å². The van der Waals surface area contributed by atoms with Gasteiger partial charge in [-0.2, -0.15) is 0 Å². The number of carbonyl (C=O) groups is 2. The molecule has 0 spiro atoms. The van der Waals surface area contributed by atoms with Crippen molar-refractivity contribution in [3.63, 3.8) is 0 Å². The van der Waals surface area contributed by atoms with Gasteiger partial charge in [-0.1, -0.05) is 12.1 Å². The molecular formula is C20H30N4O4S+2. The number of nitrogens with one attached hydrogen (secondary N) is 4. The maximum atomic E-state index is 12.6. The van der Waals surface area contributed by atoms with E-state index in [2.05, 4.69) is 10.6 Å². The van der Waals surface area contributed by atoms with E-state index in [4.69, 9.17) is 0 Å². The molecule has 1 aliphatic carbocycles. The van der Waals surface area contributed by atoms with Crippen molar-refractivity contribution in [2.24, 2.45) is 0 Å². The van der Waals surface area contributed by atoms with E-state index in [1.54, 1.807) is 18.2 Å². The van der Waals surface area contributed by atoms with Crippen LogP contribution in [0.5, 0.6) is 0 Å². The van der Waals surface area contributed by atoms with Crippen LogP contribution in [0.3, 0.4) is 0 Å². The Labute approximate surface area is 171 Å². The molecule has 4 N–H and O–H groups in total. The van der Waals surface area contributed by atoms with Gasteiger partial charge in [0.2, 0.25) is 0 Å². The highest BCUT2D eigenvalue weighted by Gasteiger charge is 2.38. The molecule has 0 bridgehead atoms. The topological polar surface area (TPSA) is 101 Å². The normalized spacial score (nSPS) is 28.6. The van der Waals surface area contributed by atoms with Crippen molar-refractivity contribution in [3.8, 4) is 0 Å². The van der Waals surface area contributed by atoms with Crippen LogP contribution in [-0.2, 0) is 14.6 Å². The molecule has 2 aliphatic heterocycles. The summed E-state index contributed by atoms with van der Waals surface area (Å²) in [6.07, 6.45) is 2.79. The Hall–Kier alpha value is -1.97. The van der Waals surface area contributed by atoms with Gasteiger partial charge in [0.25, 0.3) is 11.8 Å². The number of piperazine rings is 1. The van der Waals surface area contributed by atoms with Crippen LogP contribution in [0, 0.1) is 0 Å². The summed E-state index contributed by atoms with van der Waals surface area (Å²) in [5.74, 6) is 0.379. The molecule has 2 amide bonds. The lowest BCUT2D eigenvalue weighted by atomic mass is 10.1. The number of amides is 2. The van der Waals surface area contributed by atoms with E-state index in [-0.39, 0.29) is 23.9 Å². The maximum absolute atomic E-state index is 12.6. The van der Waals surface area contributed by atoms with Gasteiger partial charge in [-0.3, -0.25) is 9.59 Å². The Morgan fingerprint density at radius 3 is 2.41 bits per heavy atom. The van der Waals surface area contributed by atoms with Gasteiger partial charge in [-0.25, -0.2) is 8.42 Å². The summed E-state index contributed by atoms with van der Waals surface area (Å²) in [6.45, 7) is 3.84. The number of hydrogen-bond donors (Lipinski definition) is 4. The first-order valence-electron chi connectivity index (χ1n) is 10.5. The third-order valence-electron chi connectivity index (χ3n) is 6.18. The van der Waals surface area contributed by atoms with Crippen molar-refractivity contribution in [2.45, 2.75) is 31.3 Å². The maximum Gasteiger partial charge on any atom is 0.279 e. The van der Waals surface area contributed by atoms with Crippen molar-refractivity contribution in [1.29, 1.82) is 0 Å². The number of quaternary nitrogens is 2. The predicted octanol–water partition coefficient (Wildman–Crippen LogP) is -2.51. The van der Waals surface area contributed by atoms with E-state index in [1.165, 1.54) is 9.80 Å². The fourth-order valence-corrected chi connectivity index (χ4v) is 6.15. The van der Waals surface area contributed by atoms with Crippen LogP contribution < -0.4 is 20.4 Å². The molecule has 29 heavy (non-hydrogen) atoms. The molecule has 1 atom stereocenters. The van der Waals surface area contributed by atoms with Crippen LogP contribution in [0.15, 0.2) is 24.3 Å². The molecule has 0 aromatic heterocycles. The van der Waals surface area contributed by atoms with Gasteiger partial charge in [-0.15, -0.1) is 0 Å². The number of anilines is 1. The lowest BCUT2D eigenvalue weighted by molar-refractivity contribution is -1.02. The van der Waals surface area contributed by atoms with E-state index >= 15 is 0 Å². The van der Waals surface area contributed by atoms with E-state index in [0.717, 1.165) is 45.4 Å². The molecule has 1 saturated carbocycles. The van der Waals surface area contributed by atoms with Crippen molar-refractivity contribution >= 4 is 27.3 Å². The summed E-state index contributed by atoms with van der Waals surface area (Å²) in [6, 6.07) is 7.59. The van der Waals surface area contributed by atoms with Crippen LogP contribution >= 0.6 is 0 Å². The Bertz CT molecular complexity index is 876. The molecule has 2 heterocycles. The summed E-state index contributed by atoms with van der Waals surface area (Å²) in [5, 5.41) is 5.86. The van der Waals surface area contributed by atoms with Crippen molar-refractivity contribution in [3.05, 3.63) is 29.8 Å². The second-order valence-electron chi connectivity index (χ2n) is 8.53. The van der Waals surface area contributed by atoms with Crippen LogP contribution in [0.4, 0.5) is 5.69 Å². The third-order valence-corrected chi connectivity index (χ3v) is 7.95. The number of para-hydroxylation sites is 1. The van der Waals surface area contributed by atoms with Crippen LogP contribution in [0.25, 0.3) is 0 Å². The van der Waals surface area contributed by atoms with E-state index in [9.17, 15) is 18.0 Å². The Morgan fingerprint density at radius 1 is 1.03 bits per heavy atom. The first-order valence-corrected chi connectivity index (χ1v) is 12.3. The minimum Gasteiger partial charge on any atom is -0.349 e. The summed E-state index contributed by atoms with van der Waals surface area (Å²) in [5.41, 5.74) is 1.05. The summed E-state index contributed by atoms with van der Waals surface area (Å²) >= 11 is 0. The van der Waals surface area contributed by atoms with Crippen molar-refractivity contribution < 1.29 is 27.8 Å². The average molecular weight is 423 g/mol. The fourth-order valence-electron chi connectivity index (χ4n) is 4.33. The van der Waals surface area contributed by atoms with Gasteiger partial charge < -0.3 is 20.4 Å². The van der Waals surface area contributed by atoms with E-state index in [1.807, 2.05) is 6.07 Å². The first-order chi connectivity index (χ1) is 13.9. The molecule has 8 nitrogen and oxygen atoms in total. The lowest BCUT2D eigenvalue weighted by Crippen LogP contribution is -3.30. The number of hydrogen-bond acceptors (Lipinski definition) is 4. The summed E-state index contributed by atoms with van der Waals surface area (Å²) in [4.78, 5) is 27.5. The number of benzene rings is 1. The molecule has 4 rings (SSSR count). The molecule has 1 aromatic rings. The monoisotopic (exact) mass is 422 g/mol. The lowest BCUT2D eigenvalue weighted by Gasteiger charge is -2.32. The molecular weight excluding hydrogens is 392 g/mol. The minimum absolute atomic E-state index is 0.0985. The standard InChI is InChI=1S/C20H28N4O4S/c25-19(22-18-4-2-1-3-17(18)20(26)21-15-5-6-15)13-23-8-10-24(11-9-23)16-7-12-29(27,28)14-16/h1-4,15-16H,5-14H2,(H,21,26)(H,22,25)/p+2/t16-/m1/s1. The second-order valence-corrected chi connectivity index (χ2v) is 10.8. The van der Waals surface area contributed by atoms with Crippen LogP contribution in [0.2, 0.25) is 0 Å². The van der Waals surface area contributed by atoms with E-state index < -0.39 is 9.84 Å².